The fourth-order valence-corrected chi connectivity index (χ4v) is 5.76. The van der Waals surface area contributed by atoms with Gasteiger partial charge in [0.2, 0.25) is 0 Å². The van der Waals surface area contributed by atoms with Gasteiger partial charge in [0.1, 0.15) is 5.75 Å². The quantitative estimate of drug-likeness (QED) is 0.630. The Morgan fingerprint density at radius 3 is 2.35 bits per heavy atom. The van der Waals surface area contributed by atoms with Crippen molar-refractivity contribution in [3.8, 4) is 17.6 Å². The summed E-state index contributed by atoms with van der Waals surface area (Å²) in [6, 6.07) is 7.82. The average molecular weight is 335 g/mol. The molecule has 0 spiro atoms. The van der Waals surface area contributed by atoms with Crippen LogP contribution in [0.25, 0.3) is 0 Å². The van der Waals surface area contributed by atoms with Crippen molar-refractivity contribution in [3.05, 3.63) is 59.4 Å². The number of hydrogen-bond acceptors (Lipinski definition) is 5. The van der Waals surface area contributed by atoms with Crippen LogP contribution >= 0.6 is 47.0 Å². The largest absolute Gasteiger partial charge is 0.497 e. The van der Waals surface area contributed by atoms with Crippen LogP contribution in [0.1, 0.15) is 5.56 Å². The second-order valence-electron chi connectivity index (χ2n) is 3.76. The normalized spacial score (nSPS) is 16.9. The lowest BCUT2D eigenvalue weighted by Gasteiger charge is -1.99. The summed E-state index contributed by atoms with van der Waals surface area (Å²) in [4.78, 5) is 1.11. The van der Waals surface area contributed by atoms with Gasteiger partial charge in [0.15, 0.2) is 0 Å². The summed E-state index contributed by atoms with van der Waals surface area (Å²) < 4.78 is 7.83. The first-order chi connectivity index (χ1) is 9.85. The molecule has 0 unspecified atom stereocenters. The Hall–Kier alpha value is -0.800. The van der Waals surface area contributed by atoms with E-state index in [9.17, 15) is 0 Å². The van der Waals surface area contributed by atoms with Gasteiger partial charge >= 0.3 is 0 Å². The van der Waals surface area contributed by atoms with Gasteiger partial charge in [-0.25, -0.2) is 0 Å². The van der Waals surface area contributed by atoms with Crippen LogP contribution < -0.4 is 4.74 Å². The Bertz CT molecular complexity index is 649. The molecule has 3 rings (SSSR count). The minimum atomic E-state index is 0.857. The standard InChI is InChI=1S/C15H10OS4/c1-16-12-5-2-11(3-6-12)4-7-13-10-19-15(20-13)14-17-8-9-18-14/h2-3,5-6,8-10H,1H3. The summed E-state index contributed by atoms with van der Waals surface area (Å²) >= 11 is 7.09. The maximum absolute atomic E-state index is 5.13. The van der Waals surface area contributed by atoms with Crippen LogP contribution in [0.5, 0.6) is 5.75 Å². The van der Waals surface area contributed by atoms with Crippen LogP contribution in [-0.4, -0.2) is 7.11 Å². The molecule has 100 valence electrons. The molecule has 1 aromatic carbocycles. The molecule has 0 fully saturated rings. The van der Waals surface area contributed by atoms with Gasteiger partial charge in [0.05, 0.1) is 20.5 Å². The topological polar surface area (TPSA) is 9.23 Å². The minimum absolute atomic E-state index is 0.857. The fourth-order valence-electron chi connectivity index (χ4n) is 1.51. The molecule has 0 aliphatic carbocycles. The lowest BCUT2D eigenvalue weighted by atomic mass is 10.2. The molecule has 0 saturated carbocycles. The number of thioether (sulfide) groups is 4. The highest BCUT2D eigenvalue weighted by molar-refractivity contribution is 8.33. The predicted octanol–water partition coefficient (Wildman–Crippen LogP) is 5.45. The van der Waals surface area contributed by atoms with Crippen molar-refractivity contribution in [3.63, 3.8) is 0 Å². The molecule has 0 N–H and O–H groups in total. The van der Waals surface area contributed by atoms with E-state index in [0.717, 1.165) is 16.2 Å². The van der Waals surface area contributed by atoms with Crippen molar-refractivity contribution >= 4 is 47.0 Å². The van der Waals surface area contributed by atoms with E-state index in [-0.39, 0.29) is 0 Å². The van der Waals surface area contributed by atoms with Crippen LogP contribution in [0, 0.1) is 11.8 Å². The summed E-state index contributed by atoms with van der Waals surface area (Å²) in [5.41, 5.74) is 1.00. The van der Waals surface area contributed by atoms with Gasteiger partial charge in [0.25, 0.3) is 0 Å². The lowest BCUT2D eigenvalue weighted by Crippen LogP contribution is -1.81. The van der Waals surface area contributed by atoms with Gasteiger partial charge in [-0.1, -0.05) is 58.9 Å². The maximum atomic E-state index is 5.13. The molecule has 20 heavy (non-hydrogen) atoms. The summed E-state index contributed by atoms with van der Waals surface area (Å²) in [5.74, 6) is 7.27. The second kappa shape index (κ2) is 6.77. The summed E-state index contributed by atoms with van der Waals surface area (Å²) in [6.45, 7) is 0. The molecule has 0 saturated heterocycles. The third kappa shape index (κ3) is 3.44. The molecule has 0 aromatic heterocycles. The monoisotopic (exact) mass is 334 g/mol. The van der Waals surface area contributed by atoms with Crippen molar-refractivity contribution in [1.29, 1.82) is 0 Å². The molecule has 0 bridgehead atoms. The second-order valence-corrected chi connectivity index (χ2v) is 8.04. The highest BCUT2D eigenvalue weighted by Gasteiger charge is 2.17. The summed E-state index contributed by atoms with van der Waals surface area (Å²) in [7, 11) is 1.67. The van der Waals surface area contributed by atoms with Gasteiger partial charge in [-0.3, -0.25) is 0 Å². The highest BCUT2D eigenvalue weighted by Crippen LogP contribution is 2.52. The average Bonchev–Trinajstić information content (AvgIpc) is 3.16. The van der Waals surface area contributed by atoms with Crippen molar-refractivity contribution in [2.45, 2.75) is 0 Å². The smallest absolute Gasteiger partial charge is 0.118 e. The zero-order chi connectivity index (χ0) is 13.8. The molecule has 5 heteroatoms. The van der Waals surface area contributed by atoms with Crippen LogP contribution in [0.3, 0.4) is 0 Å². The molecule has 0 radical (unpaired) electrons. The van der Waals surface area contributed by atoms with Crippen LogP contribution in [0.2, 0.25) is 0 Å². The van der Waals surface area contributed by atoms with E-state index in [1.54, 1.807) is 54.2 Å². The van der Waals surface area contributed by atoms with Crippen molar-refractivity contribution in [2.24, 2.45) is 0 Å². The highest BCUT2D eigenvalue weighted by atomic mass is 32.2. The predicted molar refractivity (Wildman–Crippen MR) is 94.5 cm³/mol. The third-order valence-electron chi connectivity index (χ3n) is 2.47. The van der Waals surface area contributed by atoms with Crippen molar-refractivity contribution < 1.29 is 4.74 Å². The SMILES string of the molecule is COc1ccc(C#CC2=CSC(=C3SC=CS3)S2)cc1. The third-order valence-corrected chi connectivity index (χ3v) is 7.40. The molecular formula is C15H10OS4. The van der Waals surface area contributed by atoms with E-state index >= 15 is 0 Å². The molecular weight excluding hydrogens is 324 g/mol. The molecule has 1 aromatic rings. The number of hydrogen-bond donors (Lipinski definition) is 0. The fraction of sp³-hybridized carbons (Fsp3) is 0.0667. The first-order valence-corrected chi connectivity index (χ1v) is 9.24. The van der Waals surface area contributed by atoms with Gasteiger partial charge in [-0.2, -0.15) is 0 Å². The van der Waals surface area contributed by atoms with Crippen molar-refractivity contribution in [1.82, 2.24) is 0 Å². The van der Waals surface area contributed by atoms with E-state index in [4.69, 9.17) is 4.74 Å². The molecule has 2 aliphatic heterocycles. The number of rotatable bonds is 1. The Labute approximate surface area is 135 Å². The van der Waals surface area contributed by atoms with E-state index in [0.29, 0.717) is 0 Å². The molecule has 1 nitrogen and oxygen atoms in total. The number of ether oxygens (including phenoxy) is 1. The van der Waals surface area contributed by atoms with Gasteiger partial charge in [-0.05, 0) is 40.5 Å². The van der Waals surface area contributed by atoms with Crippen LogP contribution in [0.4, 0.5) is 0 Å². The maximum Gasteiger partial charge on any atom is 0.118 e. The van der Waals surface area contributed by atoms with Crippen LogP contribution in [-0.2, 0) is 0 Å². The van der Waals surface area contributed by atoms with Gasteiger partial charge in [-0.15, -0.1) is 0 Å². The van der Waals surface area contributed by atoms with Gasteiger partial charge in [0, 0.05) is 5.56 Å². The van der Waals surface area contributed by atoms with Crippen molar-refractivity contribution in [2.75, 3.05) is 7.11 Å². The zero-order valence-corrected chi connectivity index (χ0v) is 13.8. The molecule has 0 amide bonds. The van der Waals surface area contributed by atoms with E-state index in [1.165, 1.54) is 8.47 Å². The van der Waals surface area contributed by atoms with Gasteiger partial charge < -0.3 is 4.74 Å². The minimum Gasteiger partial charge on any atom is -0.497 e. The first-order valence-electron chi connectivity index (χ1n) is 5.78. The summed E-state index contributed by atoms with van der Waals surface area (Å²) in [6.07, 6.45) is 0. The molecule has 0 atom stereocenters. The molecule has 2 heterocycles. The number of benzene rings is 1. The lowest BCUT2D eigenvalue weighted by molar-refractivity contribution is 0.415. The Morgan fingerprint density at radius 2 is 1.65 bits per heavy atom. The van der Waals surface area contributed by atoms with E-state index in [1.807, 2.05) is 24.3 Å². The zero-order valence-electron chi connectivity index (χ0n) is 10.6. The summed E-state index contributed by atoms with van der Waals surface area (Å²) in [5, 5.41) is 6.37. The van der Waals surface area contributed by atoms with Crippen LogP contribution in [0.15, 0.2) is 53.9 Å². The molecule has 2 aliphatic rings. The Kier molecular flexibility index (Phi) is 4.79. The first kappa shape index (κ1) is 14.2. The van der Waals surface area contributed by atoms with E-state index < -0.39 is 0 Å². The van der Waals surface area contributed by atoms with E-state index in [2.05, 4.69) is 28.1 Å². The number of allylic oxidation sites excluding steroid dienone is 1. The Morgan fingerprint density at radius 1 is 0.900 bits per heavy atom. The number of methoxy groups -OCH3 is 1. The Balaban J connectivity index is 1.67.